The number of nitrogens with zero attached hydrogens (tertiary/aromatic N) is 3. The maximum atomic E-state index is 13.8. The molecule has 8 aromatic rings. The largest absolute Gasteiger partial charge is 0.534 e. The van der Waals surface area contributed by atoms with Gasteiger partial charge in [0.05, 0.1) is 5.56 Å². The van der Waals surface area contributed by atoms with Crippen LogP contribution in [0, 0.1) is 0 Å². The molecule has 0 N–H and O–H groups in total. The molecule has 1 aromatic heterocycles. The Kier molecular flexibility index (Phi) is 7.53. The maximum absolute atomic E-state index is 13.8. The summed E-state index contributed by atoms with van der Waals surface area (Å²) < 4.78 is 71.4. The third kappa shape index (κ3) is 5.59. The first-order valence-electron chi connectivity index (χ1n) is 15.5. The predicted octanol–water partition coefficient (Wildman–Crippen LogP) is 10.2. The van der Waals surface area contributed by atoms with E-state index in [0.29, 0.717) is 27.3 Å². The van der Waals surface area contributed by atoms with Crippen molar-refractivity contribution in [2.24, 2.45) is 0 Å². The molecule has 0 aliphatic heterocycles. The zero-order chi connectivity index (χ0) is 34.5. The van der Waals surface area contributed by atoms with Crippen molar-refractivity contribution in [2.75, 3.05) is 0 Å². The summed E-state index contributed by atoms with van der Waals surface area (Å²) in [6.45, 7) is 0. The van der Waals surface area contributed by atoms with E-state index < -0.39 is 21.4 Å². The predicted molar refractivity (Wildman–Crippen MR) is 190 cm³/mol. The summed E-state index contributed by atoms with van der Waals surface area (Å²) in [5, 5.41) is 4.44. The van der Waals surface area contributed by atoms with Gasteiger partial charge in [-0.2, -0.15) is 21.6 Å². The van der Waals surface area contributed by atoms with Crippen molar-refractivity contribution >= 4 is 42.4 Å². The molecule has 0 fully saturated rings. The van der Waals surface area contributed by atoms with Crippen LogP contribution in [0.25, 0.3) is 77.6 Å². The first-order valence-corrected chi connectivity index (χ1v) is 16.9. The van der Waals surface area contributed by atoms with Gasteiger partial charge in [0, 0.05) is 11.1 Å². The number of fused-ring (bicyclic) bond motifs is 6. The fourth-order valence-corrected chi connectivity index (χ4v) is 6.59. The van der Waals surface area contributed by atoms with Crippen LogP contribution in [0.4, 0.5) is 13.2 Å². The van der Waals surface area contributed by atoms with Crippen LogP contribution >= 0.6 is 0 Å². The molecular weight excluding hydrogens is 660 g/mol. The summed E-state index contributed by atoms with van der Waals surface area (Å²) in [6, 6.07) is 44.4. The van der Waals surface area contributed by atoms with E-state index in [1.165, 1.54) is 6.07 Å². The van der Waals surface area contributed by atoms with E-state index in [1.807, 2.05) is 121 Å². The lowest BCUT2D eigenvalue weighted by Crippen LogP contribution is -2.28. The van der Waals surface area contributed by atoms with E-state index in [4.69, 9.17) is 14.2 Å². The average molecular weight is 684 g/mol. The number of benzene rings is 7. The van der Waals surface area contributed by atoms with Gasteiger partial charge in [0.25, 0.3) is 0 Å². The molecule has 0 unspecified atom stereocenters. The Labute approximate surface area is 284 Å². The Bertz CT molecular complexity index is 2670. The molecule has 0 saturated carbocycles. The molecular formula is C40H24F3N3O3S. The molecule has 0 saturated heterocycles. The summed E-state index contributed by atoms with van der Waals surface area (Å²) in [4.78, 5) is 14.2. The smallest absolute Gasteiger partial charge is 0.375 e. The lowest BCUT2D eigenvalue weighted by molar-refractivity contribution is -0.0499. The topological polar surface area (TPSA) is 82.0 Å². The Morgan fingerprint density at radius 2 is 0.820 bits per heavy atom. The van der Waals surface area contributed by atoms with Crippen LogP contribution in [0.2, 0.25) is 0 Å². The summed E-state index contributed by atoms with van der Waals surface area (Å²) >= 11 is 0. The van der Waals surface area contributed by atoms with Gasteiger partial charge >= 0.3 is 15.6 Å². The number of hydrogen-bond acceptors (Lipinski definition) is 6. The van der Waals surface area contributed by atoms with E-state index in [9.17, 15) is 21.6 Å². The number of aromatic nitrogens is 3. The minimum atomic E-state index is -6.07. The first-order chi connectivity index (χ1) is 24.2. The minimum absolute atomic E-state index is 0.0486. The highest BCUT2D eigenvalue weighted by Crippen LogP contribution is 2.42. The number of hydrogen-bond donors (Lipinski definition) is 0. The lowest BCUT2D eigenvalue weighted by atomic mass is 9.93. The molecule has 0 amide bonds. The molecule has 0 aliphatic rings. The zero-order valence-electron chi connectivity index (χ0n) is 26.0. The van der Waals surface area contributed by atoms with Crippen LogP contribution in [0.1, 0.15) is 0 Å². The molecule has 0 bridgehead atoms. The Morgan fingerprint density at radius 1 is 0.440 bits per heavy atom. The third-order valence-corrected chi connectivity index (χ3v) is 9.45. The Morgan fingerprint density at radius 3 is 1.34 bits per heavy atom. The fourth-order valence-electron chi connectivity index (χ4n) is 6.12. The van der Waals surface area contributed by atoms with E-state index in [2.05, 4.69) is 4.98 Å². The molecule has 6 nitrogen and oxygen atoms in total. The lowest BCUT2D eigenvalue weighted by Gasteiger charge is -2.17. The van der Waals surface area contributed by atoms with Gasteiger partial charge in [0.2, 0.25) is 0 Å². The van der Waals surface area contributed by atoms with E-state index in [1.54, 1.807) is 18.2 Å². The van der Waals surface area contributed by atoms with Gasteiger partial charge in [-0.05, 0) is 55.6 Å². The third-order valence-electron chi connectivity index (χ3n) is 8.49. The van der Waals surface area contributed by atoms with Crippen molar-refractivity contribution in [3.8, 4) is 51.0 Å². The highest BCUT2D eigenvalue weighted by Gasteiger charge is 2.49. The van der Waals surface area contributed by atoms with E-state index >= 15 is 0 Å². The number of halogens is 3. The van der Waals surface area contributed by atoms with Gasteiger partial charge in [-0.25, -0.2) is 15.0 Å². The molecule has 10 heteroatoms. The van der Waals surface area contributed by atoms with Gasteiger partial charge < -0.3 is 4.18 Å². The van der Waals surface area contributed by atoms with Crippen molar-refractivity contribution in [1.82, 2.24) is 15.0 Å². The molecule has 0 atom stereocenters. The number of alkyl halides is 3. The second-order valence-electron chi connectivity index (χ2n) is 11.6. The van der Waals surface area contributed by atoms with Crippen molar-refractivity contribution in [2.45, 2.75) is 5.51 Å². The molecule has 1 heterocycles. The second kappa shape index (κ2) is 12.1. The molecule has 244 valence electrons. The summed E-state index contributed by atoms with van der Waals surface area (Å²) in [5.74, 6) is -0.147. The van der Waals surface area contributed by atoms with Crippen molar-refractivity contribution < 1.29 is 25.8 Å². The first kappa shape index (κ1) is 31.2. The summed E-state index contributed by atoms with van der Waals surface area (Å²) in [7, 11) is -6.07. The molecule has 8 rings (SSSR count). The Balaban J connectivity index is 1.41. The minimum Gasteiger partial charge on any atom is -0.375 e. The van der Waals surface area contributed by atoms with Crippen LogP contribution in [0.3, 0.4) is 0 Å². The highest BCUT2D eigenvalue weighted by molar-refractivity contribution is 7.88. The summed E-state index contributed by atoms with van der Waals surface area (Å²) in [5.41, 5.74) is -2.50. The maximum Gasteiger partial charge on any atom is 0.534 e. The second-order valence-corrected chi connectivity index (χ2v) is 13.1. The zero-order valence-corrected chi connectivity index (χ0v) is 26.8. The van der Waals surface area contributed by atoms with Crippen molar-refractivity contribution in [3.63, 3.8) is 0 Å². The van der Waals surface area contributed by atoms with Gasteiger partial charge in [-0.1, -0.05) is 133 Å². The number of rotatable bonds is 6. The van der Waals surface area contributed by atoms with Crippen LogP contribution in [0.15, 0.2) is 146 Å². The van der Waals surface area contributed by atoms with Gasteiger partial charge in [-0.3, -0.25) is 0 Å². The highest BCUT2D eigenvalue weighted by atomic mass is 32.2. The molecule has 50 heavy (non-hydrogen) atoms. The average Bonchev–Trinajstić information content (AvgIpc) is 3.15. The summed E-state index contributed by atoms with van der Waals surface area (Å²) in [6.07, 6.45) is 0. The SMILES string of the molecule is O=S(=O)(Oc1cc2c3ccccc3c3ccccc3c2cc1-c1nc(-c2ccccc2)nc(-c2ccc(-c3ccccc3)cc2)n1)C(F)(F)F. The van der Waals surface area contributed by atoms with Crippen molar-refractivity contribution in [3.05, 3.63) is 146 Å². The molecule has 0 aliphatic carbocycles. The normalized spacial score (nSPS) is 12.1. The molecule has 0 spiro atoms. The molecule has 7 aromatic carbocycles. The monoisotopic (exact) mass is 683 g/mol. The van der Waals surface area contributed by atoms with E-state index in [0.717, 1.165) is 27.3 Å². The quantitative estimate of drug-likeness (QED) is 0.0986. The van der Waals surface area contributed by atoms with Gasteiger partial charge in [-0.15, -0.1) is 0 Å². The van der Waals surface area contributed by atoms with Gasteiger partial charge in [0.1, 0.15) is 0 Å². The Hall–Kier alpha value is -6.13. The standard InChI is InChI=1S/C40H24F3N3O3S/c41-40(42,43)50(47,48)49-36-24-34-32-18-10-8-16-30(32)29-15-7-9-17-31(29)33(34)23-35(36)39-45-37(27-13-5-2-6-14-27)44-38(46-39)28-21-19-26(20-22-28)25-11-3-1-4-12-25/h1-24H. The van der Waals surface area contributed by atoms with Crippen LogP contribution in [-0.2, 0) is 10.1 Å². The fraction of sp³-hybridized carbons (Fsp3) is 0.0250. The van der Waals surface area contributed by atoms with Crippen molar-refractivity contribution in [1.29, 1.82) is 0 Å². The van der Waals surface area contributed by atoms with E-state index in [-0.39, 0.29) is 23.0 Å². The van der Waals surface area contributed by atoms with Gasteiger partial charge in [0.15, 0.2) is 23.2 Å². The molecule has 0 radical (unpaired) electrons. The van der Waals surface area contributed by atoms with Crippen LogP contribution in [-0.4, -0.2) is 28.9 Å². The van der Waals surface area contributed by atoms with Crippen LogP contribution < -0.4 is 4.18 Å². The van der Waals surface area contributed by atoms with Crippen LogP contribution in [0.5, 0.6) is 5.75 Å².